The molecule has 1 aliphatic rings. The Morgan fingerprint density at radius 2 is 2.08 bits per heavy atom. The van der Waals surface area contributed by atoms with Gasteiger partial charge in [0.2, 0.25) is 11.7 Å². The standard InChI is InChI=1S/C17H19N5OS/c1-22(11-16-19-12-6-2-3-8-14(12)24-16)10-15-20-17(21-23-15)13-7-4-5-9-18-13/h4-5,7,9H,2-3,6,8,10-11H2,1H3. The SMILES string of the molecule is CN(Cc1nc(-c2ccccn2)no1)Cc1nc2c(s1)CCCC2. The van der Waals surface area contributed by atoms with Crippen LogP contribution in [0.2, 0.25) is 0 Å². The van der Waals surface area contributed by atoms with Crippen molar-refractivity contribution in [2.24, 2.45) is 0 Å². The highest BCUT2D eigenvalue weighted by molar-refractivity contribution is 7.11. The van der Waals surface area contributed by atoms with Gasteiger partial charge in [0.05, 0.1) is 18.8 Å². The average molecular weight is 341 g/mol. The van der Waals surface area contributed by atoms with Gasteiger partial charge in [-0.3, -0.25) is 9.88 Å². The van der Waals surface area contributed by atoms with Crippen LogP contribution in [0.4, 0.5) is 0 Å². The molecule has 0 aliphatic heterocycles. The van der Waals surface area contributed by atoms with E-state index >= 15 is 0 Å². The number of hydrogen-bond donors (Lipinski definition) is 0. The third-order valence-electron chi connectivity index (χ3n) is 4.06. The Morgan fingerprint density at radius 1 is 1.17 bits per heavy atom. The lowest BCUT2D eigenvalue weighted by atomic mass is 10.0. The molecule has 124 valence electrons. The van der Waals surface area contributed by atoms with Gasteiger partial charge in [-0.25, -0.2) is 4.98 Å². The van der Waals surface area contributed by atoms with Crippen LogP contribution in [0.15, 0.2) is 28.9 Å². The smallest absolute Gasteiger partial charge is 0.241 e. The molecule has 0 saturated carbocycles. The van der Waals surface area contributed by atoms with E-state index in [-0.39, 0.29) is 0 Å². The molecule has 3 heterocycles. The Labute approximate surface area is 144 Å². The van der Waals surface area contributed by atoms with Crippen LogP contribution in [0, 0.1) is 0 Å². The maximum atomic E-state index is 5.35. The predicted octanol–water partition coefficient (Wildman–Crippen LogP) is 3.10. The van der Waals surface area contributed by atoms with Gasteiger partial charge < -0.3 is 4.52 Å². The lowest BCUT2D eigenvalue weighted by molar-refractivity contribution is 0.260. The first-order valence-corrected chi connectivity index (χ1v) is 8.99. The molecule has 0 N–H and O–H groups in total. The number of aromatic nitrogens is 4. The highest BCUT2D eigenvalue weighted by atomic mass is 32.1. The first-order chi connectivity index (χ1) is 11.8. The van der Waals surface area contributed by atoms with Gasteiger partial charge in [-0.2, -0.15) is 4.98 Å². The molecule has 0 aromatic carbocycles. The van der Waals surface area contributed by atoms with Crippen LogP contribution < -0.4 is 0 Å². The average Bonchev–Trinajstić information content (AvgIpc) is 3.21. The number of thiazole rings is 1. The molecule has 3 aromatic rings. The molecule has 0 saturated heterocycles. The lowest BCUT2D eigenvalue weighted by Gasteiger charge is -2.11. The van der Waals surface area contributed by atoms with Crippen LogP contribution in [-0.2, 0) is 25.9 Å². The summed E-state index contributed by atoms with van der Waals surface area (Å²) in [6.45, 7) is 1.41. The largest absolute Gasteiger partial charge is 0.337 e. The molecule has 7 heteroatoms. The first kappa shape index (κ1) is 15.4. The maximum absolute atomic E-state index is 5.35. The van der Waals surface area contributed by atoms with Gasteiger partial charge in [0.25, 0.3) is 0 Å². The van der Waals surface area contributed by atoms with Crippen molar-refractivity contribution in [2.45, 2.75) is 38.8 Å². The molecule has 0 fully saturated rings. The highest BCUT2D eigenvalue weighted by Crippen LogP contribution is 2.27. The van der Waals surface area contributed by atoms with Crippen molar-refractivity contribution in [2.75, 3.05) is 7.05 Å². The van der Waals surface area contributed by atoms with Gasteiger partial charge in [-0.15, -0.1) is 11.3 Å². The summed E-state index contributed by atoms with van der Waals surface area (Å²) in [5.74, 6) is 1.13. The van der Waals surface area contributed by atoms with E-state index in [1.54, 1.807) is 6.20 Å². The number of hydrogen-bond acceptors (Lipinski definition) is 7. The molecule has 0 atom stereocenters. The number of aryl methyl sites for hydroxylation is 2. The summed E-state index contributed by atoms with van der Waals surface area (Å²) in [6, 6.07) is 5.65. The highest BCUT2D eigenvalue weighted by Gasteiger charge is 2.17. The Kier molecular flexibility index (Phi) is 4.36. The van der Waals surface area contributed by atoms with E-state index in [9.17, 15) is 0 Å². The number of pyridine rings is 1. The van der Waals surface area contributed by atoms with Crippen molar-refractivity contribution in [1.29, 1.82) is 0 Å². The summed E-state index contributed by atoms with van der Waals surface area (Å²) in [5, 5.41) is 5.19. The van der Waals surface area contributed by atoms with Crippen molar-refractivity contribution in [3.8, 4) is 11.5 Å². The molecule has 3 aromatic heterocycles. The summed E-state index contributed by atoms with van der Waals surface area (Å²) >= 11 is 1.85. The third-order valence-corrected chi connectivity index (χ3v) is 5.20. The second kappa shape index (κ2) is 6.78. The number of nitrogens with zero attached hydrogens (tertiary/aromatic N) is 5. The molecule has 1 aliphatic carbocycles. The number of rotatable bonds is 5. The van der Waals surface area contributed by atoms with Crippen molar-refractivity contribution < 1.29 is 4.52 Å². The van der Waals surface area contributed by atoms with Crippen molar-refractivity contribution in [3.63, 3.8) is 0 Å². The molecule has 0 spiro atoms. The molecule has 0 unspecified atom stereocenters. The van der Waals surface area contributed by atoms with E-state index in [1.807, 2.05) is 36.6 Å². The first-order valence-electron chi connectivity index (χ1n) is 8.18. The summed E-state index contributed by atoms with van der Waals surface area (Å²) in [7, 11) is 2.05. The fraction of sp³-hybridized carbons (Fsp3) is 0.412. The molecule has 0 radical (unpaired) electrons. The van der Waals surface area contributed by atoms with Crippen molar-refractivity contribution >= 4 is 11.3 Å². The monoisotopic (exact) mass is 341 g/mol. The van der Waals surface area contributed by atoms with Gasteiger partial charge in [-0.1, -0.05) is 11.2 Å². The van der Waals surface area contributed by atoms with Gasteiger partial charge in [0.15, 0.2) is 0 Å². The fourth-order valence-corrected chi connectivity index (χ4v) is 4.15. The summed E-state index contributed by atoms with van der Waals surface area (Å²) < 4.78 is 5.35. The van der Waals surface area contributed by atoms with Crippen LogP contribution in [0.1, 0.15) is 34.3 Å². The van der Waals surface area contributed by atoms with Gasteiger partial charge in [0, 0.05) is 11.1 Å². The Bertz CT molecular complexity index is 790. The van der Waals surface area contributed by atoms with Crippen LogP contribution >= 0.6 is 11.3 Å². The predicted molar refractivity (Wildman–Crippen MR) is 91.5 cm³/mol. The number of fused-ring (bicyclic) bond motifs is 1. The third kappa shape index (κ3) is 3.37. The fourth-order valence-electron chi connectivity index (χ4n) is 2.91. The zero-order chi connectivity index (χ0) is 16.4. The zero-order valence-corrected chi connectivity index (χ0v) is 14.4. The molecular formula is C17H19N5OS. The second-order valence-electron chi connectivity index (χ2n) is 6.08. The normalized spacial score (nSPS) is 14.1. The molecule has 0 bridgehead atoms. The minimum atomic E-state index is 0.531. The van der Waals surface area contributed by atoms with Gasteiger partial charge in [0.1, 0.15) is 10.7 Å². The minimum Gasteiger partial charge on any atom is -0.337 e. The quantitative estimate of drug-likeness (QED) is 0.710. The minimum absolute atomic E-state index is 0.531. The summed E-state index contributed by atoms with van der Waals surface area (Å²) in [5.41, 5.74) is 2.03. The molecular weight excluding hydrogens is 322 g/mol. The molecule has 4 rings (SSSR count). The van der Waals surface area contributed by atoms with Gasteiger partial charge in [-0.05, 0) is 44.9 Å². The second-order valence-corrected chi connectivity index (χ2v) is 7.25. The maximum Gasteiger partial charge on any atom is 0.241 e. The summed E-state index contributed by atoms with van der Waals surface area (Å²) in [6.07, 6.45) is 6.61. The topological polar surface area (TPSA) is 67.9 Å². The van der Waals surface area contributed by atoms with E-state index < -0.39 is 0 Å². The Hall–Kier alpha value is -2.12. The van der Waals surface area contributed by atoms with Crippen LogP contribution in [0.3, 0.4) is 0 Å². The summed E-state index contributed by atoms with van der Waals surface area (Å²) in [4.78, 5) is 17.1. The van der Waals surface area contributed by atoms with E-state index in [1.165, 1.54) is 34.8 Å². The van der Waals surface area contributed by atoms with Crippen molar-refractivity contribution in [3.05, 3.63) is 45.9 Å². The van der Waals surface area contributed by atoms with Crippen molar-refractivity contribution in [1.82, 2.24) is 25.0 Å². The van der Waals surface area contributed by atoms with E-state index in [2.05, 4.69) is 20.0 Å². The molecule has 0 amide bonds. The van der Waals surface area contributed by atoms with Gasteiger partial charge >= 0.3 is 0 Å². The lowest BCUT2D eigenvalue weighted by Crippen LogP contribution is -2.17. The Morgan fingerprint density at radius 3 is 2.92 bits per heavy atom. The molecule has 6 nitrogen and oxygen atoms in total. The van der Waals surface area contributed by atoms with Crippen LogP contribution in [-0.4, -0.2) is 32.1 Å². The van der Waals surface area contributed by atoms with E-state index in [0.717, 1.165) is 18.7 Å². The van der Waals surface area contributed by atoms with E-state index in [0.29, 0.717) is 18.3 Å². The van der Waals surface area contributed by atoms with Crippen LogP contribution in [0.25, 0.3) is 11.5 Å². The zero-order valence-electron chi connectivity index (χ0n) is 13.6. The van der Waals surface area contributed by atoms with E-state index in [4.69, 9.17) is 9.51 Å². The Balaban J connectivity index is 1.40. The molecule has 24 heavy (non-hydrogen) atoms. The van der Waals surface area contributed by atoms with Crippen LogP contribution in [0.5, 0.6) is 0 Å².